The lowest BCUT2D eigenvalue weighted by molar-refractivity contribution is 0.0616. The highest BCUT2D eigenvalue weighted by Gasteiger charge is 2.55. The van der Waals surface area contributed by atoms with E-state index in [1.54, 1.807) is 24.5 Å². The molecule has 2 aromatic rings. The minimum atomic E-state index is -0.257. The second-order valence-corrected chi connectivity index (χ2v) is 9.01. The molecule has 29 heavy (non-hydrogen) atoms. The maximum Gasteiger partial charge on any atom is 0.257 e. The topological polar surface area (TPSA) is 52.6 Å². The zero-order valence-corrected chi connectivity index (χ0v) is 17.5. The Hall–Kier alpha value is -2.70. The fourth-order valence-corrected chi connectivity index (χ4v) is 4.97. The van der Waals surface area contributed by atoms with Crippen LogP contribution in [0.3, 0.4) is 0 Å². The van der Waals surface area contributed by atoms with Crippen LogP contribution in [0.15, 0.2) is 36.7 Å². The lowest BCUT2D eigenvalue weighted by atomic mass is 9.87. The Morgan fingerprint density at radius 2 is 1.93 bits per heavy atom. The van der Waals surface area contributed by atoms with Crippen LogP contribution in [0.25, 0.3) is 0 Å². The van der Waals surface area contributed by atoms with Gasteiger partial charge in [0.05, 0.1) is 11.1 Å². The Morgan fingerprint density at radius 1 is 1.21 bits per heavy atom. The molecule has 154 valence electrons. The second kappa shape index (κ2) is 6.97. The van der Waals surface area contributed by atoms with E-state index >= 15 is 0 Å². The van der Waals surface area contributed by atoms with Crippen LogP contribution in [0.2, 0.25) is 0 Å². The second-order valence-electron chi connectivity index (χ2n) is 9.01. The van der Waals surface area contributed by atoms with Crippen molar-refractivity contribution in [2.75, 3.05) is 37.0 Å². The van der Waals surface area contributed by atoms with Crippen LogP contribution in [0, 0.1) is 5.82 Å². The third kappa shape index (κ3) is 3.43. The molecule has 1 aromatic carbocycles. The maximum atomic E-state index is 13.8. The fraction of sp³-hybridized carbons (Fsp3) is 0.500. The first-order valence-corrected chi connectivity index (χ1v) is 10.1. The number of likely N-dealkylation sites (tertiary alicyclic amines) is 1. The van der Waals surface area contributed by atoms with Gasteiger partial charge in [0, 0.05) is 50.8 Å². The van der Waals surface area contributed by atoms with Crippen LogP contribution >= 0.6 is 0 Å². The molecule has 0 radical (unpaired) electrons. The van der Waals surface area contributed by atoms with Crippen LogP contribution < -0.4 is 9.80 Å². The number of benzene rings is 1. The third-order valence-electron chi connectivity index (χ3n) is 6.19. The van der Waals surface area contributed by atoms with E-state index < -0.39 is 0 Å². The number of amides is 1. The molecule has 4 rings (SSSR count). The van der Waals surface area contributed by atoms with Crippen molar-refractivity contribution in [1.82, 2.24) is 14.9 Å². The molecule has 0 N–H and O–H groups in total. The van der Waals surface area contributed by atoms with Gasteiger partial charge in [0.25, 0.3) is 5.91 Å². The quantitative estimate of drug-likeness (QED) is 0.795. The van der Waals surface area contributed by atoms with Crippen molar-refractivity contribution in [2.45, 2.75) is 44.2 Å². The van der Waals surface area contributed by atoms with Gasteiger partial charge in [-0.2, -0.15) is 0 Å². The fourth-order valence-electron chi connectivity index (χ4n) is 4.97. The number of hydrogen-bond donors (Lipinski definition) is 0. The molecule has 1 amide bonds. The smallest absolute Gasteiger partial charge is 0.257 e. The Kier molecular flexibility index (Phi) is 4.71. The summed E-state index contributed by atoms with van der Waals surface area (Å²) in [7, 11) is 3.74. The molecule has 1 spiro atoms. The largest absolute Gasteiger partial charge is 0.364 e. The van der Waals surface area contributed by atoms with E-state index in [0.29, 0.717) is 18.1 Å². The maximum absolute atomic E-state index is 13.8. The van der Waals surface area contributed by atoms with Gasteiger partial charge in [-0.15, -0.1) is 0 Å². The Bertz CT molecular complexity index is 914. The third-order valence-corrected chi connectivity index (χ3v) is 6.19. The van der Waals surface area contributed by atoms with Crippen molar-refractivity contribution in [2.24, 2.45) is 0 Å². The Balaban J connectivity index is 1.62. The summed E-state index contributed by atoms with van der Waals surface area (Å²) in [5, 5.41) is 0. The summed E-state index contributed by atoms with van der Waals surface area (Å²) in [6, 6.07) is 6.73. The molecule has 2 fully saturated rings. The zero-order chi connectivity index (χ0) is 20.8. The van der Waals surface area contributed by atoms with Crippen molar-refractivity contribution in [3.05, 3.63) is 48.0 Å². The van der Waals surface area contributed by atoms with Crippen LogP contribution in [0.4, 0.5) is 16.0 Å². The Morgan fingerprint density at radius 3 is 2.59 bits per heavy atom. The summed E-state index contributed by atoms with van der Waals surface area (Å²) in [5.41, 5.74) is 0.943. The van der Waals surface area contributed by atoms with Crippen molar-refractivity contribution < 1.29 is 9.18 Å². The normalized spacial score (nSPS) is 23.1. The van der Waals surface area contributed by atoms with Gasteiger partial charge >= 0.3 is 0 Å². The molecule has 2 aliphatic rings. The highest BCUT2D eigenvalue weighted by Crippen LogP contribution is 2.47. The van der Waals surface area contributed by atoms with E-state index in [9.17, 15) is 9.18 Å². The first-order chi connectivity index (χ1) is 13.7. The molecule has 1 atom stereocenters. The van der Waals surface area contributed by atoms with Crippen molar-refractivity contribution in [3.63, 3.8) is 0 Å². The van der Waals surface area contributed by atoms with E-state index in [2.05, 4.69) is 28.7 Å². The predicted octanol–water partition coefficient (Wildman–Crippen LogP) is 3.35. The molecule has 3 heterocycles. The first-order valence-electron chi connectivity index (χ1n) is 10.1. The van der Waals surface area contributed by atoms with Gasteiger partial charge in [-0.25, -0.2) is 14.4 Å². The summed E-state index contributed by atoms with van der Waals surface area (Å²) >= 11 is 0. The van der Waals surface area contributed by atoms with Gasteiger partial charge in [-0.05, 0) is 51.3 Å². The van der Waals surface area contributed by atoms with E-state index in [1.165, 1.54) is 6.07 Å². The number of halogens is 1. The highest BCUT2D eigenvalue weighted by molar-refractivity contribution is 5.94. The van der Waals surface area contributed by atoms with Gasteiger partial charge in [0.1, 0.15) is 5.82 Å². The molecule has 2 aliphatic heterocycles. The first kappa shape index (κ1) is 19.6. The predicted molar refractivity (Wildman–Crippen MR) is 112 cm³/mol. The van der Waals surface area contributed by atoms with Gasteiger partial charge in [-0.1, -0.05) is 6.07 Å². The van der Waals surface area contributed by atoms with Crippen LogP contribution in [0.5, 0.6) is 0 Å². The van der Waals surface area contributed by atoms with Gasteiger partial charge in [0.2, 0.25) is 5.95 Å². The summed E-state index contributed by atoms with van der Waals surface area (Å²) in [5.74, 6) is 0.318. The minimum Gasteiger partial charge on any atom is -0.364 e. The number of rotatable bonds is 3. The zero-order valence-electron chi connectivity index (χ0n) is 17.5. The van der Waals surface area contributed by atoms with Crippen molar-refractivity contribution in [3.8, 4) is 0 Å². The van der Waals surface area contributed by atoms with Crippen molar-refractivity contribution in [1.29, 1.82) is 0 Å². The number of carbonyl (C=O) groups excluding carboxylic acids is 1. The van der Waals surface area contributed by atoms with E-state index in [-0.39, 0.29) is 22.8 Å². The van der Waals surface area contributed by atoms with Crippen LogP contribution in [-0.4, -0.2) is 59.0 Å². The van der Waals surface area contributed by atoms with Gasteiger partial charge < -0.3 is 14.7 Å². The van der Waals surface area contributed by atoms with Gasteiger partial charge in [-0.3, -0.25) is 4.79 Å². The minimum absolute atomic E-state index is 0.0234. The molecular weight excluding hydrogens is 369 g/mol. The lowest BCUT2D eigenvalue weighted by Crippen LogP contribution is -2.49. The molecule has 0 aliphatic carbocycles. The van der Waals surface area contributed by atoms with E-state index in [1.807, 2.05) is 30.0 Å². The molecule has 0 bridgehead atoms. The van der Waals surface area contributed by atoms with Crippen LogP contribution in [-0.2, 0) is 0 Å². The summed E-state index contributed by atoms with van der Waals surface area (Å²) < 4.78 is 13.8. The molecular formula is C22H28FN5O. The van der Waals surface area contributed by atoms with E-state index in [0.717, 1.165) is 31.5 Å². The number of hydrogen-bond acceptors (Lipinski definition) is 5. The molecule has 7 heteroatoms. The SMILES string of the molecule is CN(C)c1ncc(C(=O)N2CCCC23CN(c2cccc(F)c2)C(C)(C)C3)cn1. The number of carbonyl (C=O) groups is 1. The average molecular weight is 397 g/mol. The number of nitrogens with zero attached hydrogens (tertiary/aromatic N) is 5. The lowest BCUT2D eigenvalue weighted by Gasteiger charge is -2.35. The standard InChI is InChI=1S/C22H28FN5O/c1-21(2)14-22(15-28(21)18-8-5-7-17(23)11-18)9-6-10-27(22)19(29)16-12-24-20(25-13-16)26(3)4/h5,7-8,11-13H,6,9-10,14-15H2,1-4H3. The number of aromatic nitrogens is 2. The molecule has 1 aromatic heterocycles. The summed E-state index contributed by atoms with van der Waals surface area (Å²) in [6.07, 6.45) is 5.99. The Labute approximate surface area is 171 Å². The number of anilines is 2. The molecule has 2 saturated heterocycles. The molecule has 6 nitrogen and oxygen atoms in total. The van der Waals surface area contributed by atoms with Crippen LogP contribution in [0.1, 0.15) is 43.5 Å². The monoisotopic (exact) mass is 397 g/mol. The van der Waals surface area contributed by atoms with Gasteiger partial charge in [0.15, 0.2) is 0 Å². The highest BCUT2D eigenvalue weighted by atomic mass is 19.1. The molecule has 1 unspecified atom stereocenters. The van der Waals surface area contributed by atoms with Crippen molar-refractivity contribution >= 4 is 17.5 Å². The molecule has 0 saturated carbocycles. The van der Waals surface area contributed by atoms with E-state index in [4.69, 9.17) is 0 Å². The summed E-state index contributed by atoms with van der Waals surface area (Å²) in [6.45, 7) is 5.76. The average Bonchev–Trinajstić information content (AvgIpc) is 3.20. The summed E-state index contributed by atoms with van der Waals surface area (Å²) in [4.78, 5) is 28.0.